The fourth-order valence-electron chi connectivity index (χ4n) is 1.67. The Hall–Kier alpha value is -1.79. The van der Waals surface area contributed by atoms with Crippen molar-refractivity contribution in [1.29, 1.82) is 0 Å². The Morgan fingerprint density at radius 3 is 2.44 bits per heavy atom. The van der Waals surface area contributed by atoms with Crippen LogP contribution in [0.4, 0.5) is 4.79 Å². The van der Waals surface area contributed by atoms with E-state index in [0.29, 0.717) is 0 Å². The van der Waals surface area contributed by atoms with E-state index in [1.54, 1.807) is 0 Å². The van der Waals surface area contributed by atoms with Gasteiger partial charge in [0.1, 0.15) is 12.1 Å². The molecule has 0 aromatic rings. The van der Waals surface area contributed by atoms with Gasteiger partial charge >= 0.3 is 18.0 Å². The van der Waals surface area contributed by atoms with Crippen LogP contribution < -0.4 is 0 Å². The van der Waals surface area contributed by atoms with E-state index in [-0.39, 0.29) is 13.0 Å². The number of aliphatic carboxylic acids is 1. The lowest BCUT2D eigenvalue weighted by Crippen LogP contribution is -2.40. The average molecular weight is 231 g/mol. The van der Waals surface area contributed by atoms with Gasteiger partial charge in [-0.25, -0.2) is 9.59 Å². The van der Waals surface area contributed by atoms with Crippen LogP contribution in [-0.2, 0) is 19.1 Å². The molecule has 0 radical (unpaired) electrons. The summed E-state index contributed by atoms with van der Waals surface area (Å²) in [5, 5.41) is 8.89. The van der Waals surface area contributed by atoms with Crippen molar-refractivity contribution in [2.75, 3.05) is 13.7 Å². The van der Waals surface area contributed by atoms with E-state index in [9.17, 15) is 14.4 Å². The second-order valence-corrected chi connectivity index (χ2v) is 3.44. The first-order valence-corrected chi connectivity index (χ1v) is 4.70. The molecule has 1 amide bonds. The van der Waals surface area contributed by atoms with E-state index in [1.165, 1.54) is 14.0 Å². The summed E-state index contributed by atoms with van der Waals surface area (Å²) in [7, 11) is 1.17. The standard InChI is InChI=1S/C9H13NO6/c1-5(11)16-6-3-7(8(12)13)10(4-6)9(14)15-2/h6-7H,3-4H2,1-2H3,(H,12,13)/t6-,7+/m1/s1. The highest BCUT2D eigenvalue weighted by Crippen LogP contribution is 2.21. The Labute approximate surface area is 91.9 Å². The van der Waals surface area contributed by atoms with Crippen molar-refractivity contribution in [2.45, 2.75) is 25.5 Å². The van der Waals surface area contributed by atoms with Crippen LogP contribution in [0.3, 0.4) is 0 Å². The van der Waals surface area contributed by atoms with Crippen molar-refractivity contribution in [3.05, 3.63) is 0 Å². The maximum Gasteiger partial charge on any atom is 0.410 e. The van der Waals surface area contributed by atoms with Gasteiger partial charge in [-0.15, -0.1) is 0 Å². The first kappa shape index (κ1) is 12.3. The summed E-state index contributed by atoms with van der Waals surface area (Å²) >= 11 is 0. The van der Waals surface area contributed by atoms with E-state index < -0.39 is 30.2 Å². The molecule has 7 heteroatoms. The number of hydrogen-bond donors (Lipinski definition) is 1. The molecule has 7 nitrogen and oxygen atoms in total. The Morgan fingerprint density at radius 2 is 2.00 bits per heavy atom. The Kier molecular flexibility index (Phi) is 3.70. The molecular weight excluding hydrogens is 218 g/mol. The summed E-state index contributed by atoms with van der Waals surface area (Å²) in [6.07, 6.45) is -1.23. The van der Waals surface area contributed by atoms with Gasteiger partial charge in [0.25, 0.3) is 0 Å². The van der Waals surface area contributed by atoms with Crippen molar-refractivity contribution < 1.29 is 29.0 Å². The topological polar surface area (TPSA) is 93.1 Å². The molecule has 1 N–H and O–H groups in total. The number of carboxylic acids is 1. The number of ether oxygens (including phenoxy) is 2. The zero-order valence-electron chi connectivity index (χ0n) is 9.00. The molecule has 2 atom stereocenters. The fraction of sp³-hybridized carbons (Fsp3) is 0.667. The van der Waals surface area contributed by atoms with Gasteiger partial charge in [-0.3, -0.25) is 9.69 Å². The minimum atomic E-state index is -1.14. The predicted molar refractivity (Wildman–Crippen MR) is 50.7 cm³/mol. The van der Waals surface area contributed by atoms with Gasteiger partial charge in [-0.1, -0.05) is 0 Å². The molecule has 0 bridgehead atoms. The smallest absolute Gasteiger partial charge is 0.410 e. The highest BCUT2D eigenvalue weighted by molar-refractivity contribution is 5.81. The highest BCUT2D eigenvalue weighted by atomic mass is 16.6. The first-order chi connectivity index (χ1) is 7.45. The zero-order chi connectivity index (χ0) is 12.3. The van der Waals surface area contributed by atoms with Gasteiger partial charge in [0.15, 0.2) is 0 Å². The molecular formula is C9H13NO6. The number of carbonyl (C=O) groups is 3. The van der Waals surface area contributed by atoms with Crippen LogP contribution >= 0.6 is 0 Å². The third-order valence-electron chi connectivity index (χ3n) is 2.29. The van der Waals surface area contributed by atoms with Crippen LogP contribution in [0, 0.1) is 0 Å². The molecule has 1 heterocycles. The number of nitrogens with zero attached hydrogens (tertiary/aromatic N) is 1. The number of carbonyl (C=O) groups excluding carboxylic acids is 2. The molecule has 0 unspecified atom stereocenters. The third-order valence-corrected chi connectivity index (χ3v) is 2.29. The lowest BCUT2D eigenvalue weighted by Gasteiger charge is -2.18. The minimum Gasteiger partial charge on any atom is -0.480 e. The van der Waals surface area contributed by atoms with E-state index in [4.69, 9.17) is 9.84 Å². The fourth-order valence-corrected chi connectivity index (χ4v) is 1.67. The van der Waals surface area contributed by atoms with Gasteiger partial charge in [-0.05, 0) is 0 Å². The average Bonchev–Trinajstić information content (AvgIpc) is 2.59. The van der Waals surface area contributed by atoms with Crippen molar-refractivity contribution in [1.82, 2.24) is 4.90 Å². The molecule has 0 saturated carbocycles. The van der Waals surface area contributed by atoms with Crippen molar-refractivity contribution >= 4 is 18.0 Å². The molecule has 16 heavy (non-hydrogen) atoms. The van der Waals surface area contributed by atoms with Gasteiger partial charge in [0.2, 0.25) is 0 Å². The van der Waals surface area contributed by atoms with Crippen molar-refractivity contribution in [3.8, 4) is 0 Å². The van der Waals surface area contributed by atoms with Gasteiger partial charge in [0.05, 0.1) is 13.7 Å². The number of rotatable bonds is 2. The van der Waals surface area contributed by atoms with Crippen molar-refractivity contribution in [3.63, 3.8) is 0 Å². The second kappa shape index (κ2) is 4.82. The number of hydrogen-bond acceptors (Lipinski definition) is 5. The van der Waals surface area contributed by atoms with Gasteiger partial charge < -0.3 is 14.6 Å². The van der Waals surface area contributed by atoms with Crippen LogP contribution in [0.5, 0.6) is 0 Å². The monoisotopic (exact) mass is 231 g/mol. The SMILES string of the molecule is COC(=O)N1C[C@H](OC(C)=O)C[C@H]1C(=O)O. The lowest BCUT2D eigenvalue weighted by atomic mass is 10.2. The normalized spacial score (nSPS) is 24.0. The van der Waals surface area contributed by atoms with Crippen LogP contribution in [0.2, 0.25) is 0 Å². The molecule has 1 rings (SSSR count). The zero-order valence-corrected chi connectivity index (χ0v) is 9.00. The molecule has 0 aromatic carbocycles. The number of methoxy groups -OCH3 is 1. The lowest BCUT2D eigenvalue weighted by molar-refractivity contribution is -0.146. The largest absolute Gasteiger partial charge is 0.480 e. The number of esters is 1. The van der Waals surface area contributed by atoms with Gasteiger partial charge in [-0.2, -0.15) is 0 Å². The quantitative estimate of drug-likeness (QED) is 0.664. The molecule has 1 fully saturated rings. The molecule has 0 spiro atoms. The van der Waals surface area contributed by atoms with Crippen LogP contribution in [0.25, 0.3) is 0 Å². The summed E-state index contributed by atoms with van der Waals surface area (Å²) in [4.78, 5) is 33.9. The molecule has 0 aliphatic carbocycles. The number of likely N-dealkylation sites (tertiary alicyclic amines) is 1. The number of amides is 1. The van der Waals surface area contributed by atoms with Crippen LogP contribution in [0.15, 0.2) is 0 Å². The number of carboxylic acid groups (broad SMARTS) is 1. The van der Waals surface area contributed by atoms with E-state index in [1.807, 2.05) is 0 Å². The molecule has 1 saturated heterocycles. The van der Waals surface area contributed by atoms with E-state index >= 15 is 0 Å². The maximum atomic E-state index is 11.3. The first-order valence-electron chi connectivity index (χ1n) is 4.70. The molecule has 0 aromatic heterocycles. The van der Waals surface area contributed by atoms with Crippen LogP contribution in [-0.4, -0.2) is 53.8 Å². The summed E-state index contributed by atoms with van der Waals surface area (Å²) < 4.78 is 9.32. The predicted octanol–water partition coefficient (Wildman–Crippen LogP) is -0.157. The Bertz CT molecular complexity index is 315. The maximum absolute atomic E-state index is 11.3. The Balaban J connectivity index is 2.71. The van der Waals surface area contributed by atoms with E-state index in [0.717, 1.165) is 4.90 Å². The van der Waals surface area contributed by atoms with Crippen molar-refractivity contribution in [2.24, 2.45) is 0 Å². The summed E-state index contributed by atoms with van der Waals surface area (Å²) in [6.45, 7) is 1.28. The molecule has 90 valence electrons. The van der Waals surface area contributed by atoms with E-state index in [2.05, 4.69) is 4.74 Å². The second-order valence-electron chi connectivity index (χ2n) is 3.44. The minimum absolute atomic E-state index is 0.0449. The van der Waals surface area contributed by atoms with Crippen LogP contribution in [0.1, 0.15) is 13.3 Å². The van der Waals surface area contributed by atoms with Gasteiger partial charge in [0, 0.05) is 13.3 Å². The highest BCUT2D eigenvalue weighted by Gasteiger charge is 2.41. The summed E-state index contributed by atoms with van der Waals surface area (Å²) in [5.41, 5.74) is 0. The summed E-state index contributed by atoms with van der Waals surface area (Å²) in [5.74, 6) is -1.64. The Morgan fingerprint density at radius 1 is 1.38 bits per heavy atom. The molecule has 1 aliphatic rings. The summed E-state index contributed by atoms with van der Waals surface area (Å²) in [6, 6.07) is -1.00. The molecule has 1 aliphatic heterocycles. The third kappa shape index (κ3) is 2.62.